The Balaban J connectivity index is 2.79. The van der Waals surface area contributed by atoms with E-state index < -0.39 is 23.6 Å². The molecule has 0 aliphatic rings. The minimum atomic E-state index is -1.43. The molecule has 0 heterocycles. The molecule has 0 spiro atoms. The summed E-state index contributed by atoms with van der Waals surface area (Å²) in [5, 5.41) is 0.520. The number of benzene rings is 1. The molecule has 1 aromatic rings. The van der Waals surface area contributed by atoms with Crippen LogP contribution >= 0.6 is 23.2 Å². The fourth-order valence-electron chi connectivity index (χ4n) is 1.77. The molecule has 2 atom stereocenters. The minimum Gasteiger partial charge on any atom is -0.463 e. The van der Waals surface area contributed by atoms with Gasteiger partial charge >= 0.3 is 11.9 Å². The summed E-state index contributed by atoms with van der Waals surface area (Å²) < 4.78 is 15.4. The van der Waals surface area contributed by atoms with Gasteiger partial charge in [0.05, 0.1) is 6.61 Å². The Morgan fingerprint density at radius 2 is 1.88 bits per heavy atom. The lowest BCUT2D eigenvalue weighted by atomic mass is 10.1. The fraction of sp³-hybridized carbons (Fsp3) is 0.333. The molecule has 2 unspecified atom stereocenters. The van der Waals surface area contributed by atoms with Crippen LogP contribution in [0.4, 0.5) is 0 Å². The van der Waals surface area contributed by atoms with Crippen LogP contribution in [0.15, 0.2) is 48.6 Å². The Labute approximate surface area is 157 Å². The molecule has 1 rings (SSSR count). The Kier molecular flexibility index (Phi) is 9.10. The number of allylic oxidation sites excluding steroid dienone is 2. The number of ether oxygens (including phenoxy) is 3. The monoisotopic (exact) mass is 386 g/mol. The number of esters is 2. The van der Waals surface area contributed by atoms with Crippen LogP contribution in [0.2, 0.25) is 5.02 Å². The number of halogens is 2. The summed E-state index contributed by atoms with van der Waals surface area (Å²) in [6, 6.07) is 6.30. The largest absolute Gasteiger partial charge is 0.463 e. The van der Waals surface area contributed by atoms with E-state index in [9.17, 15) is 9.59 Å². The molecule has 0 saturated heterocycles. The Morgan fingerprint density at radius 1 is 1.24 bits per heavy atom. The zero-order valence-electron chi connectivity index (χ0n) is 14.0. The normalized spacial score (nSPS) is 13.5. The molecule has 0 aromatic heterocycles. The fourth-order valence-corrected chi connectivity index (χ4v) is 2.05. The van der Waals surface area contributed by atoms with E-state index in [4.69, 9.17) is 37.4 Å². The van der Waals surface area contributed by atoms with Crippen LogP contribution in [-0.2, 0) is 19.1 Å². The quantitative estimate of drug-likeness (QED) is 0.360. The molecular formula is C18H20Cl2O5. The Hall–Kier alpha value is -1.98. The van der Waals surface area contributed by atoms with Crippen molar-refractivity contribution in [3.63, 3.8) is 0 Å². The van der Waals surface area contributed by atoms with Gasteiger partial charge in [-0.25, -0.2) is 9.59 Å². The van der Waals surface area contributed by atoms with Crippen LogP contribution < -0.4 is 4.74 Å². The van der Waals surface area contributed by atoms with Crippen molar-refractivity contribution in [1.29, 1.82) is 0 Å². The maximum absolute atomic E-state index is 12.2. The summed E-state index contributed by atoms with van der Waals surface area (Å²) in [5.41, 5.74) is -0.910. The summed E-state index contributed by atoms with van der Waals surface area (Å²) in [7, 11) is 0. The van der Waals surface area contributed by atoms with Crippen molar-refractivity contribution in [2.24, 2.45) is 0 Å². The van der Waals surface area contributed by atoms with Gasteiger partial charge in [-0.2, -0.15) is 0 Å². The molecule has 0 aliphatic carbocycles. The van der Waals surface area contributed by atoms with E-state index in [2.05, 4.69) is 6.58 Å². The molecule has 136 valence electrons. The van der Waals surface area contributed by atoms with Crippen molar-refractivity contribution in [3.05, 3.63) is 53.6 Å². The van der Waals surface area contributed by atoms with Crippen molar-refractivity contribution in [2.75, 3.05) is 6.61 Å². The molecule has 5 nitrogen and oxygen atoms in total. The van der Waals surface area contributed by atoms with Gasteiger partial charge in [0.15, 0.2) is 0 Å². The van der Waals surface area contributed by atoms with Gasteiger partial charge in [-0.1, -0.05) is 35.4 Å². The first-order valence-electron chi connectivity index (χ1n) is 7.60. The van der Waals surface area contributed by atoms with Crippen LogP contribution in [0.3, 0.4) is 0 Å². The zero-order chi connectivity index (χ0) is 18.8. The lowest BCUT2D eigenvalue weighted by molar-refractivity contribution is -0.167. The highest BCUT2D eigenvalue weighted by atomic mass is 35.5. The van der Waals surface area contributed by atoms with Crippen molar-refractivity contribution in [2.45, 2.75) is 31.9 Å². The van der Waals surface area contributed by atoms with E-state index >= 15 is 0 Å². The van der Waals surface area contributed by atoms with E-state index in [-0.39, 0.29) is 6.61 Å². The van der Waals surface area contributed by atoms with Crippen molar-refractivity contribution in [1.82, 2.24) is 0 Å². The van der Waals surface area contributed by atoms with Crippen LogP contribution in [0, 0.1) is 0 Å². The molecule has 0 fully saturated rings. The molecule has 0 saturated carbocycles. The van der Waals surface area contributed by atoms with Crippen molar-refractivity contribution < 1.29 is 23.8 Å². The lowest BCUT2D eigenvalue weighted by Gasteiger charge is -2.19. The average molecular weight is 387 g/mol. The van der Waals surface area contributed by atoms with E-state index in [1.807, 2.05) is 0 Å². The first-order chi connectivity index (χ1) is 11.9. The molecule has 0 aliphatic heterocycles. The zero-order valence-corrected chi connectivity index (χ0v) is 15.5. The first kappa shape index (κ1) is 21.1. The molecule has 25 heavy (non-hydrogen) atoms. The highest BCUT2D eigenvalue weighted by Gasteiger charge is 2.30. The Bertz CT molecular complexity index is 625. The van der Waals surface area contributed by atoms with Crippen LogP contribution in [0.25, 0.3) is 0 Å². The summed E-state index contributed by atoms with van der Waals surface area (Å²) in [6.07, 6.45) is 2.69. The molecule has 1 aromatic carbocycles. The molecule has 0 N–H and O–H groups in total. The number of alkyl halides is 1. The number of carbonyl (C=O) groups excluding carboxylic acids is 2. The van der Waals surface area contributed by atoms with Gasteiger partial charge in [-0.3, -0.25) is 0 Å². The summed E-state index contributed by atoms with van der Waals surface area (Å²) >= 11 is 11.7. The molecule has 0 amide bonds. The molecule has 0 bridgehead atoms. The van der Waals surface area contributed by atoms with Crippen molar-refractivity contribution in [3.8, 4) is 5.75 Å². The van der Waals surface area contributed by atoms with Crippen LogP contribution in [-0.4, -0.2) is 30.2 Å². The second-order valence-electron chi connectivity index (χ2n) is 4.93. The van der Waals surface area contributed by atoms with E-state index in [0.29, 0.717) is 22.8 Å². The maximum Gasteiger partial charge on any atom is 0.364 e. The third-order valence-corrected chi connectivity index (χ3v) is 3.51. The van der Waals surface area contributed by atoms with Gasteiger partial charge in [-0.05, 0) is 50.1 Å². The summed E-state index contributed by atoms with van der Waals surface area (Å²) in [6.45, 7) is 7.07. The van der Waals surface area contributed by atoms with E-state index in [1.165, 1.54) is 0 Å². The number of hydrogen-bond acceptors (Lipinski definition) is 5. The maximum atomic E-state index is 12.2. The summed E-state index contributed by atoms with van der Waals surface area (Å²) in [5.74, 6) is -1.24. The predicted octanol–water partition coefficient (Wildman–Crippen LogP) is 4.28. The molecular weight excluding hydrogens is 367 g/mol. The third kappa shape index (κ3) is 7.20. The third-order valence-electron chi connectivity index (χ3n) is 2.99. The second kappa shape index (κ2) is 10.8. The number of rotatable bonds is 9. The van der Waals surface area contributed by atoms with Crippen LogP contribution in [0.5, 0.6) is 5.75 Å². The topological polar surface area (TPSA) is 61.8 Å². The van der Waals surface area contributed by atoms with Gasteiger partial charge in [0.25, 0.3) is 5.56 Å². The first-order valence-corrected chi connectivity index (χ1v) is 8.41. The average Bonchev–Trinajstić information content (AvgIpc) is 2.59. The van der Waals surface area contributed by atoms with E-state index in [0.717, 1.165) is 0 Å². The van der Waals surface area contributed by atoms with Gasteiger partial charge in [0.1, 0.15) is 5.75 Å². The van der Waals surface area contributed by atoms with Crippen molar-refractivity contribution >= 4 is 35.1 Å². The number of carbonyl (C=O) groups is 2. The SMILES string of the molecule is C=CCC=C(C)C(OC(=O)C(Cl)Oc1ccc(Cl)cc1)C(=O)OCC. The summed E-state index contributed by atoms with van der Waals surface area (Å²) in [4.78, 5) is 24.2. The van der Waals surface area contributed by atoms with Gasteiger partial charge in [-0.15, -0.1) is 6.58 Å². The van der Waals surface area contributed by atoms with Gasteiger partial charge < -0.3 is 14.2 Å². The molecule has 0 radical (unpaired) electrons. The second-order valence-corrected chi connectivity index (χ2v) is 5.76. The smallest absolute Gasteiger partial charge is 0.364 e. The Morgan fingerprint density at radius 3 is 2.44 bits per heavy atom. The van der Waals surface area contributed by atoms with Crippen LogP contribution in [0.1, 0.15) is 20.3 Å². The van der Waals surface area contributed by atoms with Gasteiger partial charge in [0.2, 0.25) is 6.10 Å². The van der Waals surface area contributed by atoms with E-state index in [1.54, 1.807) is 50.3 Å². The standard InChI is InChI=1S/C18H20Cl2O5/c1-4-6-7-12(3)15(17(21)23-5-2)25-18(22)16(20)24-14-10-8-13(19)9-11-14/h4,7-11,15-16H,1,5-6H2,2-3H3. The predicted molar refractivity (Wildman–Crippen MR) is 96.8 cm³/mol. The minimum absolute atomic E-state index is 0.160. The highest BCUT2D eigenvalue weighted by Crippen LogP contribution is 2.19. The highest BCUT2D eigenvalue weighted by molar-refractivity contribution is 6.30. The van der Waals surface area contributed by atoms with Gasteiger partial charge in [0, 0.05) is 5.02 Å². The lowest BCUT2D eigenvalue weighted by Crippen LogP contribution is -2.35. The number of hydrogen-bond donors (Lipinski definition) is 0. The molecule has 7 heteroatoms.